The van der Waals surface area contributed by atoms with Crippen LogP contribution in [0.2, 0.25) is 0 Å². The van der Waals surface area contributed by atoms with E-state index < -0.39 is 5.97 Å². The highest BCUT2D eigenvalue weighted by Crippen LogP contribution is 2.53. The van der Waals surface area contributed by atoms with Crippen molar-refractivity contribution in [2.75, 3.05) is 0 Å². The van der Waals surface area contributed by atoms with Crippen molar-refractivity contribution in [2.45, 2.75) is 65.7 Å². The van der Waals surface area contributed by atoms with Gasteiger partial charge in [-0.1, -0.05) is 36.8 Å². The van der Waals surface area contributed by atoms with Gasteiger partial charge in [0.25, 0.3) is 0 Å². The van der Waals surface area contributed by atoms with Crippen LogP contribution < -0.4 is 0 Å². The van der Waals surface area contributed by atoms with Crippen LogP contribution in [0.15, 0.2) is 35.5 Å². The standard InChI is InChI=1S/C20H30O2/c1-14(2)17-11-13-20(4)12-10-15(3)6-5-7-16(19(21)22)8-9-18(17)20/h7,10,17-18H,1,5-6,8-9,11-13H2,2-4H3,(H,21,22)/b15-10+,16-7-/t17-,18+,20+/m1/s1. The summed E-state index contributed by atoms with van der Waals surface area (Å²) in [7, 11) is 0. The molecule has 3 atom stereocenters. The van der Waals surface area contributed by atoms with Crippen LogP contribution in [-0.4, -0.2) is 11.1 Å². The molecule has 122 valence electrons. The summed E-state index contributed by atoms with van der Waals surface area (Å²) in [4.78, 5) is 11.5. The highest BCUT2D eigenvalue weighted by atomic mass is 16.4. The third kappa shape index (κ3) is 3.71. The van der Waals surface area contributed by atoms with Gasteiger partial charge in [-0.05, 0) is 76.0 Å². The van der Waals surface area contributed by atoms with Gasteiger partial charge in [0.1, 0.15) is 0 Å². The third-order valence-corrected chi connectivity index (χ3v) is 5.89. The van der Waals surface area contributed by atoms with Gasteiger partial charge in [-0.3, -0.25) is 0 Å². The largest absolute Gasteiger partial charge is 0.478 e. The third-order valence-electron chi connectivity index (χ3n) is 5.89. The second-order valence-corrected chi connectivity index (χ2v) is 7.62. The number of hydrogen-bond donors (Lipinski definition) is 1. The number of fused-ring (bicyclic) bond motifs is 1. The number of carboxylic acids is 1. The van der Waals surface area contributed by atoms with Gasteiger partial charge in [-0.15, -0.1) is 0 Å². The number of aliphatic carboxylic acids is 1. The summed E-state index contributed by atoms with van der Waals surface area (Å²) in [6.45, 7) is 10.9. The molecule has 2 aliphatic rings. The summed E-state index contributed by atoms with van der Waals surface area (Å²) in [5, 5.41) is 9.43. The van der Waals surface area contributed by atoms with E-state index in [1.165, 1.54) is 24.0 Å². The van der Waals surface area contributed by atoms with Crippen LogP contribution in [-0.2, 0) is 4.79 Å². The first-order valence-corrected chi connectivity index (χ1v) is 8.57. The molecule has 1 saturated carbocycles. The molecule has 0 radical (unpaired) electrons. The van der Waals surface area contributed by atoms with Gasteiger partial charge in [0.2, 0.25) is 0 Å². The minimum atomic E-state index is -0.743. The summed E-state index contributed by atoms with van der Waals surface area (Å²) in [6, 6.07) is 0. The number of allylic oxidation sites excluding steroid dienone is 4. The molecule has 2 aliphatic carbocycles. The molecule has 22 heavy (non-hydrogen) atoms. The summed E-state index contributed by atoms with van der Waals surface area (Å²) >= 11 is 0. The van der Waals surface area contributed by atoms with Gasteiger partial charge >= 0.3 is 5.97 Å². The predicted octanol–water partition coefficient (Wildman–Crippen LogP) is 5.52. The van der Waals surface area contributed by atoms with Crippen LogP contribution in [0.1, 0.15) is 65.7 Å². The average Bonchev–Trinajstić information content (AvgIpc) is 2.76. The Labute approximate surface area is 135 Å². The van der Waals surface area contributed by atoms with Gasteiger partial charge in [0.15, 0.2) is 0 Å². The van der Waals surface area contributed by atoms with Crippen molar-refractivity contribution in [2.24, 2.45) is 17.3 Å². The first-order chi connectivity index (χ1) is 10.3. The minimum Gasteiger partial charge on any atom is -0.478 e. The van der Waals surface area contributed by atoms with Crippen LogP contribution in [0.3, 0.4) is 0 Å². The van der Waals surface area contributed by atoms with Crippen molar-refractivity contribution in [1.29, 1.82) is 0 Å². The Hall–Kier alpha value is -1.31. The van der Waals surface area contributed by atoms with E-state index in [4.69, 9.17) is 0 Å². The van der Waals surface area contributed by atoms with E-state index in [0.29, 0.717) is 29.2 Å². The Morgan fingerprint density at radius 3 is 2.68 bits per heavy atom. The molecule has 2 heteroatoms. The quantitative estimate of drug-likeness (QED) is 0.682. The van der Waals surface area contributed by atoms with E-state index in [2.05, 4.69) is 33.4 Å². The zero-order valence-electron chi connectivity index (χ0n) is 14.3. The number of rotatable bonds is 2. The highest BCUT2D eigenvalue weighted by Gasteiger charge is 2.44. The Morgan fingerprint density at radius 1 is 1.32 bits per heavy atom. The molecule has 2 rings (SSSR count). The maximum absolute atomic E-state index is 11.5. The molecule has 2 nitrogen and oxygen atoms in total. The first kappa shape index (κ1) is 17.1. The Morgan fingerprint density at radius 2 is 2.05 bits per heavy atom. The smallest absolute Gasteiger partial charge is 0.331 e. The Balaban J connectivity index is 2.30. The first-order valence-electron chi connectivity index (χ1n) is 8.57. The van der Waals surface area contributed by atoms with E-state index in [1.54, 1.807) is 0 Å². The van der Waals surface area contributed by atoms with E-state index in [1.807, 2.05) is 6.08 Å². The van der Waals surface area contributed by atoms with Crippen LogP contribution >= 0.6 is 0 Å². The average molecular weight is 302 g/mol. The molecule has 0 aromatic heterocycles. The molecule has 0 unspecified atom stereocenters. The maximum Gasteiger partial charge on any atom is 0.331 e. The zero-order chi connectivity index (χ0) is 16.3. The van der Waals surface area contributed by atoms with Gasteiger partial charge in [-0.2, -0.15) is 0 Å². The molecule has 0 aromatic rings. The Bertz CT molecular complexity index is 512. The van der Waals surface area contributed by atoms with Crippen molar-refractivity contribution in [3.63, 3.8) is 0 Å². The van der Waals surface area contributed by atoms with E-state index in [-0.39, 0.29) is 0 Å². The fourth-order valence-electron chi connectivity index (χ4n) is 4.34. The van der Waals surface area contributed by atoms with Crippen LogP contribution in [0.5, 0.6) is 0 Å². The number of hydrogen-bond acceptors (Lipinski definition) is 1. The zero-order valence-corrected chi connectivity index (χ0v) is 14.3. The van der Waals surface area contributed by atoms with E-state index >= 15 is 0 Å². The molecule has 1 N–H and O–H groups in total. The van der Waals surface area contributed by atoms with E-state index in [9.17, 15) is 9.90 Å². The molecule has 0 bridgehead atoms. The molecule has 0 heterocycles. The lowest BCUT2D eigenvalue weighted by Crippen LogP contribution is -2.26. The fraction of sp³-hybridized carbons (Fsp3) is 0.650. The maximum atomic E-state index is 11.5. The molecule has 0 saturated heterocycles. The predicted molar refractivity (Wildman–Crippen MR) is 91.7 cm³/mol. The van der Waals surface area contributed by atoms with Crippen molar-refractivity contribution in [1.82, 2.24) is 0 Å². The molecule has 0 amide bonds. The van der Waals surface area contributed by atoms with Crippen molar-refractivity contribution in [3.05, 3.63) is 35.5 Å². The fourth-order valence-corrected chi connectivity index (χ4v) is 4.34. The molecular formula is C20H30O2. The van der Waals surface area contributed by atoms with Crippen molar-refractivity contribution < 1.29 is 9.90 Å². The number of carbonyl (C=O) groups is 1. The van der Waals surface area contributed by atoms with Gasteiger partial charge in [0, 0.05) is 5.57 Å². The normalized spacial score (nSPS) is 38.0. The lowest BCUT2D eigenvalue weighted by molar-refractivity contribution is -0.132. The topological polar surface area (TPSA) is 37.3 Å². The van der Waals surface area contributed by atoms with Crippen LogP contribution in [0.4, 0.5) is 0 Å². The number of carboxylic acid groups (broad SMARTS) is 1. The molecule has 0 spiro atoms. The van der Waals surface area contributed by atoms with Crippen molar-refractivity contribution in [3.8, 4) is 0 Å². The van der Waals surface area contributed by atoms with Gasteiger partial charge < -0.3 is 5.11 Å². The molecule has 0 aliphatic heterocycles. The summed E-state index contributed by atoms with van der Waals surface area (Å²) in [5.74, 6) is 0.358. The van der Waals surface area contributed by atoms with Gasteiger partial charge in [-0.25, -0.2) is 4.79 Å². The summed E-state index contributed by atoms with van der Waals surface area (Å²) in [5.41, 5.74) is 3.55. The lowest BCUT2D eigenvalue weighted by atomic mass is 9.70. The van der Waals surface area contributed by atoms with E-state index in [0.717, 1.165) is 25.7 Å². The van der Waals surface area contributed by atoms with Gasteiger partial charge in [0.05, 0.1) is 0 Å². The summed E-state index contributed by atoms with van der Waals surface area (Å²) < 4.78 is 0. The van der Waals surface area contributed by atoms with Crippen LogP contribution in [0, 0.1) is 17.3 Å². The lowest BCUT2D eigenvalue weighted by Gasteiger charge is -2.34. The minimum absolute atomic E-state index is 0.291. The molecule has 1 fully saturated rings. The summed E-state index contributed by atoms with van der Waals surface area (Å²) in [6.07, 6.45) is 11.4. The van der Waals surface area contributed by atoms with Crippen molar-refractivity contribution >= 4 is 5.97 Å². The highest BCUT2D eigenvalue weighted by molar-refractivity contribution is 5.86. The monoisotopic (exact) mass is 302 g/mol. The molecule has 0 aromatic carbocycles. The molecular weight excluding hydrogens is 272 g/mol. The SMILES string of the molecule is C=C(C)[C@H]1CC[C@]2(C)C/C=C(\C)CC/C=C(\C(=O)O)CC[C@@H]12. The second-order valence-electron chi connectivity index (χ2n) is 7.62. The van der Waals surface area contributed by atoms with Crippen LogP contribution in [0.25, 0.3) is 0 Å². The second kappa shape index (κ2) is 6.85. The Kier molecular flexibility index (Phi) is 5.31.